The largest absolute Gasteiger partial charge is 0.478 e. The SMILES string of the molecule is Nc1cccc(-c2cc(C(=O)O)ccc2Cl)c1. The molecule has 0 aliphatic heterocycles. The lowest BCUT2D eigenvalue weighted by atomic mass is 10.0. The summed E-state index contributed by atoms with van der Waals surface area (Å²) in [5, 5.41) is 9.43. The van der Waals surface area contributed by atoms with Gasteiger partial charge in [-0.1, -0.05) is 23.7 Å². The van der Waals surface area contributed by atoms with Gasteiger partial charge in [0, 0.05) is 16.3 Å². The minimum Gasteiger partial charge on any atom is -0.478 e. The van der Waals surface area contributed by atoms with Gasteiger partial charge in [0.05, 0.1) is 5.56 Å². The van der Waals surface area contributed by atoms with E-state index in [1.165, 1.54) is 6.07 Å². The molecule has 0 saturated heterocycles. The zero-order chi connectivity index (χ0) is 12.4. The van der Waals surface area contributed by atoms with Gasteiger partial charge in [0.2, 0.25) is 0 Å². The Kier molecular flexibility index (Phi) is 3.02. The lowest BCUT2D eigenvalue weighted by Crippen LogP contribution is -1.96. The predicted molar refractivity (Wildman–Crippen MR) is 68.3 cm³/mol. The van der Waals surface area contributed by atoms with Crippen LogP contribution in [0.25, 0.3) is 11.1 Å². The monoisotopic (exact) mass is 247 g/mol. The third-order valence-corrected chi connectivity index (χ3v) is 2.74. The summed E-state index contributed by atoms with van der Waals surface area (Å²) in [6.07, 6.45) is 0. The van der Waals surface area contributed by atoms with E-state index in [0.29, 0.717) is 16.3 Å². The number of nitrogens with two attached hydrogens (primary N) is 1. The van der Waals surface area contributed by atoms with Crippen LogP contribution in [0.15, 0.2) is 42.5 Å². The Labute approximate surface area is 103 Å². The number of halogens is 1. The number of carbonyl (C=O) groups is 1. The quantitative estimate of drug-likeness (QED) is 0.801. The zero-order valence-corrected chi connectivity index (χ0v) is 9.61. The third-order valence-electron chi connectivity index (χ3n) is 2.41. The van der Waals surface area contributed by atoms with Crippen LogP contribution in [0.3, 0.4) is 0 Å². The number of hydrogen-bond acceptors (Lipinski definition) is 2. The molecule has 0 bridgehead atoms. The van der Waals surface area contributed by atoms with E-state index in [1.807, 2.05) is 6.07 Å². The first kappa shape index (κ1) is 11.5. The van der Waals surface area contributed by atoms with E-state index >= 15 is 0 Å². The number of rotatable bonds is 2. The van der Waals surface area contributed by atoms with Gasteiger partial charge >= 0.3 is 5.97 Å². The lowest BCUT2D eigenvalue weighted by molar-refractivity contribution is 0.0697. The minimum absolute atomic E-state index is 0.201. The van der Waals surface area contributed by atoms with Crippen LogP contribution >= 0.6 is 11.6 Å². The van der Waals surface area contributed by atoms with Crippen molar-refractivity contribution in [3.05, 3.63) is 53.1 Å². The Morgan fingerprint density at radius 3 is 2.59 bits per heavy atom. The molecular formula is C13H10ClNO2. The molecule has 0 radical (unpaired) electrons. The van der Waals surface area contributed by atoms with Crippen LogP contribution < -0.4 is 5.73 Å². The van der Waals surface area contributed by atoms with Crippen molar-refractivity contribution in [2.45, 2.75) is 0 Å². The van der Waals surface area contributed by atoms with E-state index in [0.717, 1.165) is 5.56 Å². The summed E-state index contributed by atoms with van der Waals surface area (Å²) in [5.41, 5.74) is 7.97. The number of carboxylic acid groups (broad SMARTS) is 1. The molecule has 0 fully saturated rings. The molecule has 0 aliphatic rings. The fourth-order valence-electron chi connectivity index (χ4n) is 1.59. The second-order valence-corrected chi connectivity index (χ2v) is 4.03. The van der Waals surface area contributed by atoms with Crippen molar-refractivity contribution in [1.82, 2.24) is 0 Å². The van der Waals surface area contributed by atoms with E-state index < -0.39 is 5.97 Å². The van der Waals surface area contributed by atoms with E-state index in [2.05, 4.69) is 0 Å². The Morgan fingerprint density at radius 2 is 1.94 bits per heavy atom. The van der Waals surface area contributed by atoms with Crippen LogP contribution in [-0.4, -0.2) is 11.1 Å². The smallest absolute Gasteiger partial charge is 0.335 e. The molecule has 0 spiro atoms. The molecule has 0 heterocycles. The standard InChI is InChI=1S/C13H10ClNO2/c14-12-5-4-9(13(16)17)7-11(12)8-2-1-3-10(15)6-8/h1-7H,15H2,(H,16,17). The van der Waals surface area contributed by atoms with E-state index in [1.54, 1.807) is 30.3 Å². The van der Waals surface area contributed by atoms with Crippen molar-refractivity contribution in [3.63, 3.8) is 0 Å². The van der Waals surface area contributed by atoms with Gasteiger partial charge in [0.1, 0.15) is 0 Å². The third kappa shape index (κ3) is 2.40. The van der Waals surface area contributed by atoms with E-state index in [9.17, 15) is 4.79 Å². The van der Waals surface area contributed by atoms with Gasteiger partial charge in [-0.2, -0.15) is 0 Å². The molecule has 0 saturated carbocycles. The normalized spacial score (nSPS) is 10.2. The number of nitrogen functional groups attached to an aromatic ring is 1. The number of aromatic carboxylic acids is 1. The first-order chi connectivity index (χ1) is 8.08. The average Bonchev–Trinajstić information content (AvgIpc) is 2.29. The topological polar surface area (TPSA) is 63.3 Å². The maximum absolute atomic E-state index is 10.9. The Bertz CT molecular complexity index is 581. The first-order valence-corrected chi connectivity index (χ1v) is 5.34. The fraction of sp³-hybridized carbons (Fsp3) is 0. The maximum atomic E-state index is 10.9. The van der Waals surface area contributed by atoms with Gasteiger partial charge in [-0.3, -0.25) is 0 Å². The zero-order valence-electron chi connectivity index (χ0n) is 8.85. The van der Waals surface area contributed by atoms with Crippen LogP contribution in [0, 0.1) is 0 Å². The summed E-state index contributed by atoms with van der Waals surface area (Å²) in [4.78, 5) is 10.9. The Balaban J connectivity index is 2.58. The number of anilines is 1. The van der Waals surface area contributed by atoms with Crippen LogP contribution in [-0.2, 0) is 0 Å². The van der Waals surface area contributed by atoms with Gasteiger partial charge in [-0.15, -0.1) is 0 Å². The molecule has 0 atom stereocenters. The van der Waals surface area contributed by atoms with Gasteiger partial charge in [-0.05, 0) is 35.9 Å². The molecule has 3 nitrogen and oxygen atoms in total. The number of benzene rings is 2. The predicted octanol–water partition coefficient (Wildman–Crippen LogP) is 3.29. The van der Waals surface area contributed by atoms with Crippen molar-refractivity contribution >= 4 is 23.3 Å². The molecule has 2 aromatic carbocycles. The molecule has 0 amide bonds. The van der Waals surface area contributed by atoms with Crippen LogP contribution in [0.5, 0.6) is 0 Å². The van der Waals surface area contributed by atoms with Crippen molar-refractivity contribution in [1.29, 1.82) is 0 Å². The van der Waals surface area contributed by atoms with Crippen LogP contribution in [0.4, 0.5) is 5.69 Å². The molecular weight excluding hydrogens is 238 g/mol. The van der Waals surface area contributed by atoms with E-state index in [4.69, 9.17) is 22.4 Å². The summed E-state index contributed by atoms with van der Waals surface area (Å²) < 4.78 is 0. The maximum Gasteiger partial charge on any atom is 0.335 e. The molecule has 4 heteroatoms. The summed E-state index contributed by atoms with van der Waals surface area (Å²) in [5.74, 6) is -0.980. The summed E-state index contributed by atoms with van der Waals surface area (Å²) in [6, 6.07) is 11.7. The minimum atomic E-state index is -0.980. The highest BCUT2D eigenvalue weighted by Crippen LogP contribution is 2.29. The highest BCUT2D eigenvalue weighted by atomic mass is 35.5. The van der Waals surface area contributed by atoms with Crippen molar-refractivity contribution in [2.24, 2.45) is 0 Å². The average molecular weight is 248 g/mol. The molecule has 3 N–H and O–H groups in total. The fourth-order valence-corrected chi connectivity index (χ4v) is 1.81. The second-order valence-electron chi connectivity index (χ2n) is 3.63. The highest BCUT2D eigenvalue weighted by molar-refractivity contribution is 6.33. The summed E-state index contributed by atoms with van der Waals surface area (Å²) in [7, 11) is 0. The first-order valence-electron chi connectivity index (χ1n) is 4.96. The van der Waals surface area contributed by atoms with Crippen molar-refractivity contribution in [2.75, 3.05) is 5.73 Å². The molecule has 0 aromatic heterocycles. The lowest BCUT2D eigenvalue weighted by Gasteiger charge is -2.06. The van der Waals surface area contributed by atoms with Crippen LogP contribution in [0.1, 0.15) is 10.4 Å². The summed E-state index contributed by atoms with van der Waals surface area (Å²) >= 11 is 6.05. The number of hydrogen-bond donors (Lipinski definition) is 2. The van der Waals surface area contributed by atoms with Crippen molar-refractivity contribution in [3.8, 4) is 11.1 Å². The molecule has 0 aliphatic carbocycles. The second kappa shape index (κ2) is 4.47. The molecule has 2 rings (SSSR count). The van der Waals surface area contributed by atoms with Gasteiger partial charge in [0.25, 0.3) is 0 Å². The molecule has 86 valence electrons. The molecule has 2 aromatic rings. The van der Waals surface area contributed by atoms with Gasteiger partial charge in [0.15, 0.2) is 0 Å². The number of carboxylic acids is 1. The van der Waals surface area contributed by atoms with Gasteiger partial charge < -0.3 is 10.8 Å². The molecule has 0 unspecified atom stereocenters. The Hall–Kier alpha value is -2.00. The molecule has 17 heavy (non-hydrogen) atoms. The van der Waals surface area contributed by atoms with Gasteiger partial charge in [-0.25, -0.2) is 4.79 Å². The van der Waals surface area contributed by atoms with E-state index in [-0.39, 0.29) is 5.56 Å². The van der Waals surface area contributed by atoms with Crippen molar-refractivity contribution < 1.29 is 9.90 Å². The highest BCUT2D eigenvalue weighted by Gasteiger charge is 2.09. The van der Waals surface area contributed by atoms with Crippen LogP contribution in [0.2, 0.25) is 5.02 Å². The Morgan fingerprint density at radius 1 is 1.18 bits per heavy atom. The summed E-state index contributed by atoms with van der Waals surface area (Å²) in [6.45, 7) is 0.